The van der Waals surface area contributed by atoms with Gasteiger partial charge in [0.05, 0.1) is 17.4 Å². The lowest BCUT2D eigenvalue weighted by Gasteiger charge is -2.24. The van der Waals surface area contributed by atoms with Gasteiger partial charge in [-0.2, -0.15) is 5.26 Å². The number of carbonyl (C=O) groups is 1. The van der Waals surface area contributed by atoms with Crippen LogP contribution in [0.2, 0.25) is 0 Å². The van der Waals surface area contributed by atoms with Gasteiger partial charge in [0.15, 0.2) is 0 Å². The average molecular weight is 246 g/mol. The Morgan fingerprint density at radius 3 is 2.89 bits per heavy atom. The molecule has 5 nitrogen and oxygen atoms in total. The molecule has 0 aliphatic carbocycles. The molecule has 2 atom stereocenters. The van der Waals surface area contributed by atoms with Crippen LogP contribution in [0, 0.1) is 18.3 Å². The van der Waals surface area contributed by atoms with Gasteiger partial charge < -0.3 is 15.1 Å². The zero-order valence-corrected chi connectivity index (χ0v) is 10.00. The number of nitrogens with zero attached hydrogens (tertiary/aromatic N) is 2. The van der Waals surface area contributed by atoms with Crippen molar-refractivity contribution in [1.82, 2.24) is 0 Å². The lowest BCUT2D eigenvalue weighted by Crippen LogP contribution is -2.36. The van der Waals surface area contributed by atoms with Crippen LogP contribution in [-0.4, -0.2) is 34.9 Å². The largest absolute Gasteiger partial charge is 0.480 e. The Hall–Kier alpha value is -2.06. The number of aryl methyl sites for hydroxylation is 1. The molecule has 0 spiro atoms. The standard InChI is InChI=1S/C13H14N2O3/c1-8-2-3-9(6-14)11(4-8)15-7-10(16)5-12(15)13(17)18/h2-4,10,12,16H,5,7H2,1H3,(H,17,18). The molecule has 1 aliphatic heterocycles. The van der Waals surface area contributed by atoms with E-state index in [1.54, 1.807) is 17.0 Å². The van der Waals surface area contributed by atoms with E-state index in [0.717, 1.165) is 5.56 Å². The lowest BCUT2D eigenvalue weighted by molar-refractivity contribution is -0.138. The molecule has 0 radical (unpaired) electrons. The molecular weight excluding hydrogens is 232 g/mol. The van der Waals surface area contributed by atoms with Gasteiger partial charge in [0.2, 0.25) is 0 Å². The molecule has 1 saturated heterocycles. The van der Waals surface area contributed by atoms with Gasteiger partial charge in [0.1, 0.15) is 12.1 Å². The summed E-state index contributed by atoms with van der Waals surface area (Å²) in [6, 6.07) is 6.56. The first kappa shape index (κ1) is 12.4. The van der Waals surface area contributed by atoms with Crippen molar-refractivity contribution in [2.45, 2.75) is 25.5 Å². The SMILES string of the molecule is Cc1ccc(C#N)c(N2CC(O)CC2C(=O)O)c1. The number of aliphatic hydroxyl groups excluding tert-OH is 1. The summed E-state index contributed by atoms with van der Waals surface area (Å²) >= 11 is 0. The zero-order chi connectivity index (χ0) is 13.3. The zero-order valence-electron chi connectivity index (χ0n) is 10.00. The van der Waals surface area contributed by atoms with E-state index in [1.807, 2.05) is 13.0 Å². The second kappa shape index (κ2) is 4.67. The third-order valence-corrected chi connectivity index (χ3v) is 3.15. The number of hydrogen-bond acceptors (Lipinski definition) is 4. The molecule has 1 aromatic rings. The highest BCUT2D eigenvalue weighted by Crippen LogP contribution is 2.29. The summed E-state index contributed by atoms with van der Waals surface area (Å²) in [7, 11) is 0. The molecular formula is C13H14N2O3. The Labute approximate surface area is 105 Å². The monoisotopic (exact) mass is 246 g/mol. The van der Waals surface area contributed by atoms with E-state index in [2.05, 4.69) is 6.07 Å². The van der Waals surface area contributed by atoms with Crippen molar-refractivity contribution in [2.75, 3.05) is 11.4 Å². The van der Waals surface area contributed by atoms with Crippen molar-refractivity contribution >= 4 is 11.7 Å². The number of β-amino-alcohol motifs (C(OH)–C–C–N with tert-alkyl or cyclic N) is 1. The van der Waals surface area contributed by atoms with Crippen LogP contribution in [0.25, 0.3) is 0 Å². The Kier molecular flexibility index (Phi) is 3.21. The van der Waals surface area contributed by atoms with E-state index in [4.69, 9.17) is 10.4 Å². The van der Waals surface area contributed by atoms with Crippen molar-refractivity contribution in [3.05, 3.63) is 29.3 Å². The molecule has 1 heterocycles. The normalized spacial score (nSPS) is 22.8. The number of benzene rings is 1. The number of nitriles is 1. The van der Waals surface area contributed by atoms with Crippen molar-refractivity contribution in [2.24, 2.45) is 0 Å². The summed E-state index contributed by atoms with van der Waals surface area (Å²) in [5.74, 6) is -0.975. The minimum absolute atomic E-state index is 0.189. The quantitative estimate of drug-likeness (QED) is 0.809. The second-order valence-corrected chi connectivity index (χ2v) is 4.53. The maximum Gasteiger partial charge on any atom is 0.326 e. The number of carboxylic acids is 1. The molecule has 0 amide bonds. The van der Waals surface area contributed by atoms with E-state index >= 15 is 0 Å². The summed E-state index contributed by atoms with van der Waals surface area (Å²) in [6.45, 7) is 2.13. The highest BCUT2D eigenvalue weighted by molar-refractivity contribution is 5.80. The maximum absolute atomic E-state index is 11.2. The summed E-state index contributed by atoms with van der Waals surface area (Å²) in [5.41, 5.74) is 1.97. The molecule has 0 aromatic heterocycles. The number of carboxylic acid groups (broad SMARTS) is 1. The number of anilines is 1. The van der Waals surface area contributed by atoms with Crippen LogP contribution in [0.15, 0.2) is 18.2 Å². The molecule has 2 N–H and O–H groups in total. The number of hydrogen-bond donors (Lipinski definition) is 2. The third-order valence-electron chi connectivity index (χ3n) is 3.15. The fourth-order valence-corrected chi connectivity index (χ4v) is 2.29. The Balaban J connectivity index is 2.44. The highest BCUT2D eigenvalue weighted by atomic mass is 16.4. The van der Waals surface area contributed by atoms with Crippen molar-refractivity contribution < 1.29 is 15.0 Å². The first-order valence-electron chi connectivity index (χ1n) is 5.71. The van der Waals surface area contributed by atoms with Crippen molar-refractivity contribution in [3.8, 4) is 6.07 Å². The molecule has 1 fully saturated rings. The summed E-state index contributed by atoms with van der Waals surface area (Å²) < 4.78 is 0. The fraction of sp³-hybridized carbons (Fsp3) is 0.385. The molecule has 1 aliphatic rings. The fourth-order valence-electron chi connectivity index (χ4n) is 2.29. The molecule has 18 heavy (non-hydrogen) atoms. The van der Waals surface area contributed by atoms with E-state index in [0.29, 0.717) is 11.3 Å². The van der Waals surface area contributed by atoms with Crippen molar-refractivity contribution in [3.63, 3.8) is 0 Å². The summed E-state index contributed by atoms with van der Waals surface area (Å²) in [6.07, 6.45) is -0.480. The van der Waals surface area contributed by atoms with Crippen LogP contribution in [0.3, 0.4) is 0 Å². The maximum atomic E-state index is 11.2. The minimum atomic E-state index is -0.975. The molecule has 0 bridgehead atoms. The van der Waals surface area contributed by atoms with Crippen LogP contribution in [-0.2, 0) is 4.79 Å². The van der Waals surface area contributed by atoms with Crippen molar-refractivity contribution in [1.29, 1.82) is 5.26 Å². The topological polar surface area (TPSA) is 84.6 Å². The summed E-state index contributed by atoms with van der Waals surface area (Å²) in [5, 5.41) is 27.9. The lowest BCUT2D eigenvalue weighted by atomic mass is 10.1. The predicted molar refractivity (Wildman–Crippen MR) is 65.3 cm³/mol. The van der Waals surface area contributed by atoms with Crippen LogP contribution < -0.4 is 4.90 Å². The van der Waals surface area contributed by atoms with Gasteiger partial charge in [-0.05, 0) is 24.6 Å². The molecule has 1 aromatic carbocycles. The summed E-state index contributed by atoms with van der Waals surface area (Å²) in [4.78, 5) is 12.8. The number of aliphatic hydroxyl groups is 1. The molecule has 0 saturated carbocycles. The van der Waals surface area contributed by atoms with Crippen LogP contribution in [0.4, 0.5) is 5.69 Å². The smallest absolute Gasteiger partial charge is 0.326 e. The minimum Gasteiger partial charge on any atom is -0.480 e. The van der Waals surface area contributed by atoms with Gasteiger partial charge in [-0.3, -0.25) is 0 Å². The van der Waals surface area contributed by atoms with E-state index in [1.165, 1.54) is 0 Å². The second-order valence-electron chi connectivity index (χ2n) is 4.53. The number of rotatable bonds is 2. The molecule has 5 heteroatoms. The number of aliphatic carboxylic acids is 1. The van der Waals surface area contributed by atoms with E-state index in [9.17, 15) is 9.90 Å². The van der Waals surface area contributed by atoms with Gasteiger partial charge in [-0.25, -0.2) is 4.79 Å². The van der Waals surface area contributed by atoms with E-state index < -0.39 is 18.1 Å². The Morgan fingerprint density at radius 2 is 2.28 bits per heavy atom. The Bertz CT molecular complexity index is 521. The third kappa shape index (κ3) is 2.15. The first-order chi connectivity index (χ1) is 8.52. The van der Waals surface area contributed by atoms with Gasteiger partial charge >= 0.3 is 5.97 Å². The predicted octanol–water partition coefficient (Wildman–Crippen LogP) is 0.891. The Morgan fingerprint density at radius 1 is 1.56 bits per heavy atom. The van der Waals surface area contributed by atoms with Gasteiger partial charge in [0.25, 0.3) is 0 Å². The molecule has 94 valence electrons. The van der Waals surface area contributed by atoms with Gasteiger partial charge in [0, 0.05) is 13.0 Å². The van der Waals surface area contributed by atoms with Crippen LogP contribution in [0.5, 0.6) is 0 Å². The van der Waals surface area contributed by atoms with E-state index in [-0.39, 0.29) is 13.0 Å². The van der Waals surface area contributed by atoms with Gasteiger partial charge in [-0.1, -0.05) is 6.07 Å². The first-order valence-corrected chi connectivity index (χ1v) is 5.71. The average Bonchev–Trinajstić information content (AvgIpc) is 2.71. The van der Waals surface area contributed by atoms with Crippen LogP contribution in [0.1, 0.15) is 17.5 Å². The highest BCUT2D eigenvalue weighted by Gasteiger charge is 2.37. The van der Waals surface area contributed by atoms with Gasteiger partial charge in [-0.15, -0.1) is 0 Å². The molecule has 2 rings (SSSR count). The molecule has 2 unspecified atom stereocenters. The van der Waals surface area contributed by atoms with Crippen LogP contribution >= 0.6 is 0 Å².